The molecule has 4 nitrogen and oxygen atoms in total. The highest BCUT2D eigenvalue weighted by Gasteiger charge is 2.27. The molecule has 1 N–H and O–H groups in total. The molecule has 1 aliphatic heterocycles. The molecule has 0 aromatic heterocycles. The standard InChI is InChI=1S/C12H12N2O2/c1-8(2)9-3-5-10(6-4-9)14-7-11(15)13-12(14)16/h3-6H,1,7H2,2H3,(H,13,15,16). The highest BCUT2D eigenvalue weighted by molar-refractivity contribution is 6.12. The minimum atomic E-state index is -0.368. The Morgan fingerprint density at radius 1 is 1.31 bits per heavy atom. The first kappa shape index (κ1) is 10.4. The summed E-state index contributed by atoms with van der Waals surface area (Å²) in [6, 6.07) is 7.01. The second-order valence-corrected chi connectivity index (χ2v) is 3.77. The number of hydrogen-bond donors (Lipinski definition) is 1. The van der Waals surface area contributed by atoms with E-state index in [4.69, 9.17) is 0 Å². The fourth-order valence-electron chi connectivity index (χ4n) is 1.58. The number of benzene rings is 1. The van der Waals surface area contributed by atoms with E-state index in [2.05, 4.69) is 11.9 Å². The second-order valence-electron chi connectivity index (χ2n) is 3.77. The number of hydrogen-bond acceptors (Lipinski definition) is 2. The van der Waals surface area contributed by atoms with Crippen molar-refractivity contribution in [2.24, 2.45) is 0 Å². The molecule has 16 heavy (non-hydrogen) atoms. The van der Waals surface area contributed by atoms with Crippen molar-refractivity contribution in [2.45, 2.75) is 6.92 Å². The maximum absolute atomic E-state index is 11.4. The molecule has 0 aliphatic carbocycles. The van der Waals surface area contributed by atoms with Crippen LogP contribution in [0.2, 0.25) is 0 Å². The summed E-state index contributed by atoms with van der Waals surface area (Å²) < 4.78 is 0. The maximum atomic E-state index is 11.4. The van der Waals surface area contributed by atoms with E-state index in [0.29, 0.717) is 5.69 Å². The molecule has 1 heterocycles. The lowest BCUT2D eigenvalue weighted by atomic mass is 10.1. The first-order chi connectivity index (χ1) is 7.58. The summed E-state index contributed by atoms with van der Waals surface area (Å²) in [5.41, 5.74) is 2.71. The molecular formula is C12H12N2O2. The lowest BCUT2D eigenvalue weighted by Crippen LogP contribution is -2.27. The van der Waals surface area contributed by atoms with Gasteiger partial charge in [0.15, 0.2) is 0 Å². The van der Waals surface area contributed by atoms with Crippen LogP contribution in [0.4, 0.5) is 10.5 Å². The quantitative estimate of drug-likeness (QED) is 0.766. The first-order valence-electron chi connectivity index (χ1n) is 4.95. The third-order valence-electron chi connectivity index (χ3n) is 2.47. The first-order valence-corrected chi connectivity index (χ1v) is 4.95. The number of nitrogens with one attached hydrogen (secondary N) is 1. The van der Waals surface area contributed by atoms with E-state index in [0.717, 1.165) is 11.1 Å². The molecule has 0 atom stereocenters. The number of imide groups is 1. The van der Waals surface area contributed by atoms with Crippen LogP contribution >= 0.6 is 0 Å². The van der Waals surface area contributed by atoms with Crippen LogP contribution in [0, 0.1) is 0 Å². The molecule has 0 unspecified atom stereocenters. The molecular weight excluding hydrogens is 204 g/mol. The lowest BCUT2D eigenvalue weighted by Gasteiger charge is -2.13. The van der Waals surface area contributed by atoms with Gasteiger partial charge in [-0.3, -0.25) is 15.0 Å². The number of carbonyl (C=O) groups excluding carboxylic acids is 2. The van der Waals surface area contributed by atoms with Crippen LogP contribution in [-0.4, -0.2) is 18.5 Å². The molecule has 2 rings (SSSR count). The topological polar surface area (TPSA) is 49.4 Å². The maximum Gasteiger partial charge on any atom is 0.329 e. The van der Waals surface area contributed by atoms with Crippen molar-refractivity contribution in [3.05, 3.63) is 36.4 Å². The second kappa shape index (κ2) is 3.81. The molecule has 0 spiro atoms. The summed E-state index contributed by atoms with van der Waals surface area (Å²) in [7, 11) is 0. The van der Waals surface area contributed by atoms with E-state index in [9.17, 15) is 9.59 Å². The summed E-state index contributed by atoms with van der Waals surface area (Å²) >= 11 is 0. The Bertz CT molecular complexity index is 462. The van der Waals surface area contributed by atoms with Gasteiger partial charge in [-0.05, 0) is 24.6 Å². The van der Waals surface area contributed by atoms with Gasteiger partial charge in [0.1, 0.15) is 6.54 Å². The Balaban J connectivity index is 2.25. The van der Waals surface area contributed by atoms with Crippen LogP contribution in [0.5, 0.6) is 0 Å². The number of amides is 3. The van der Waals surface area contributed by atoms with Crippen LogP contribution in [0.25, 0.3) is 5.57 Å². The minimum Gasteiger partial charge on any atom is -0.285 e. The smallest absolute Gasteiger partial charge is 0.285 e. The van der Waals surface area contributed by atoms with Crippen LogP contribution in [0.15, 0.2) is 30.8 Å². The van der Waals surface area contributed by atoms with Crippen LogP contribution in [0.3, 0.4) is 0 Å². The molecule has 1 aliphatic rings. The van der Waals surface area contributed by atoms with Crippen LogP contribution in [0.1, 0.15) is 12.5 Å². The zero-order valence-corrected chi connectivity index (χ0v) is 8.99. The third-order valence-corrected chi connectivity index (χ3v) is 2.47. The lowest BCUT2D eigenvalue weighted by molar-refractivity contribution is -0.117. The van der Waals surface area contributed by atoms with Crippen LogP contribution < -0.4 is 10.2 Å². The summed E-state index contributed by atoms with van der Waals surface area (Å²) in [5, 5.41) is 2.23. The molecule has 0 radical (unpaired) electrons. The van der Waals surface area contributed by atoms with Gasteiger partial charge in [0.2, 0.25) is 5.91 Å². The average molecular weight is 216 g/mol. The largest absolute Gasteiger partial charge is 0.329 e. The van der Waals surface area contributed by atoms with Gasteiger partial charge in [-0.25, -0.2) is 4.79 Å². The Labute approximate surface area is 93.6 Å². The van der Waals surface area contributed by atoms with Gasteiger partial charge in [0.25, 0.3) is 0 Å². The number of urea groups is 1. The van der Waals surface area contributed by atoms with Crippen molar-refractivity contribution in [1.82, 2.24) is 5.32 Å². The molecule has 0 bridgehead atoms. The van der Waals surface area contributed by atoms with E-state index in [1.807, 2.05) is 31.2 Å². The molecule has 0 saturated carbocycles. The van der Waals surface area contributed by atoms with Gasteiger partial charge in [0, 0.05) is 5.69 Å². The van der Waals surface area contributed by atoms with Gasteiger partial charge in [-0.1, -0.05) is 24.3 Å². The van der Waals surface area contributed by atoms with E-state index in [1.54, 1.807) is 0 Å². The predicted octanol–water partition coefficient (Wildman–Crippen LogP) is 1.78. The van der Waals surface area contributed by atoms with Crippen molar-refractivity contribution in [2.75, 3.05) is 11.4 Å². The zero-order chi connectivity index (χ0) is 11.7. The van der Waals surface area contributed by atoms with E-state index < -0.39 is 0 Å². The zero-order valence-electron chi connectivity index (χ0n) is 8.99. The predicted molar refractivity (Wildman–Crippen MR) is 62.0 cm³/mol. The van der Waals surface area contributed by atoms with Gasteiger partial charge in [-0.15, -0.1) is 0 Å². The van der Waals surface area contributed by atoms with Gasteiger partial charge in [0.05, 0.1) is 0 Å². The van der Waals surface area contributed by atoms with Crippen molar-refractivity contribution < 1.29 is 9.59 Å². The minimum absolute atomic E-state index is 0.0885. The van der Waals surface area contributed by atoms with Crippen LogP contribution in [-0.2, 0) is 4.79 Å². The Hall–Kier alpha value is -2.10. The normalized spacial score (nSPS) is 15.2. The summed E-state index contributed by atoms with van der Waals surface area (Å²) in [5.74, 6) is -0.269. The summed E-state index contributed by atoms with van der Waals surface area (Å²) in [6.07, 6.45) is 0. The van der Waals surface area contributed by atoms with Crippen molar-refractivity contribution in [1.29, 1.82) is 0 Å². The molecule has 1 aromatic rings. The molecule has 1 saturated heterocycles. The molecule has 3 amide bonds. The number of rotatable bonds is 2. The SMILES string of the molecule is C=C(C)c1ccc(N2CC(=O)NC2=O)cc1. The number of allylic oxidation sites excluding steroid dienone is 1. The van der Waals surface area contributed by atoms with Gasteiger partial charge in [-0.2, -0.15) is 0 Å². The molecule has 1 aromatic carbocycles. The van der Waals surface area contributed by atoms with Crippen molar-refractivity contribution in [3.63, 3.8) is 0 Å². The molecule has 1 fully saturated rings. The third kappa shape index (κ3) is 1.82. The summed E-state index contributed by atoms with van der Waals surface area (Å²) in [6.45, 7) is 5.84. The Morgan fingerprint density at radius 2 is 1.94 bits per heavy atom. The van der Waals surface area contributed by atoms with E-state index in [1.165, 1.54) is 4.90 Å². The Morgan fingerprint density at radius 3 is 2.38 bits per heavy atom. The monoisotopic (exact) mass is 216 g/mol. The number of carbonyl (C=O) groups is 2. The van der Waals surface area contributed by atoms with Gasteiger partial charge >= 0.3 is 6.03 Å². The summed E-state index contributed by atoms with van der Waals surface area (Å²) in [4.78, 5) is 23.8. The fourth-order valence-corrected chi connectivity index (χ4v) is 1.58. The van der Waals surface area contributed by atoms with Gasteiger partial charge < -0.3 is 0 Å². The average Bonchev–Trinajstić information content (AvgIpc) is 2.58. The fraction of sp³-hybridized carbons (Fsp3) is 0.167. The highest BCUT2D eigenvalue weighted by atomic mass is 16.2. The van der Waals surface area contributed by atoms with E-state index >= 15 is 0 Å². The molecule has 82 valence electrons. The number of nitrogens with zero attached hydrogens (tertiary/aromatic N) is 1. The highest BCUT2D eigenvalue weighted by Crippen LogP contribution is 2.20. The Kier molecular flexibility index (Phi) is 2.48. The van der Waals surface area contributed by atoms with Crippen molar-refractivity contribution >= 4 is 23.2 Å². The van der Waals surface area contributed by atoms with Crippen molar-refractivity contribution in [3.8, 4) is 0 Å². The van der Waals surface area contributed by atoms with E-state index in [-0.39, 0.29) is 18.5 Å². The number of anilines is 1. The molecule has 4 heteroatoms.